The van der Waals surface area contributed by atoms with Gasteiger partial charge in [-0.2, -0.15) is 0 Å². The van der Waals surface area contributed by atoms with Gasteiger partial charge in [-0.3, -0.25) is 4.90 Å². The molecule has 3 nitrogen and oxygen atoms in total. The van der Waals surface area contributed by atoms with E-state index in [9.17, 15) is 0 Å². The van der Waals surface area contributed by atoms with Gasteiger partial charge in [-0.25, -0.2) is 0 Å². The van der Waals surface area contributed by atoms with Crippen molar-refractivity contribution in [2.45, 2.75) is 56.5 Å². The molecule has 3 aliphatic rings. The van der Waals surface area contributed by atoms with E-state index in [1.54, 1.807) is 0 Å². The Labute approximate surface area is 105 Å². The Morgan fingerprint density at radius 3 is 2.59 bits per heavy atom. The molecule has 0 aromatic heterocycles. The summed E-state index contributed by atoms with van der Waals surface area (Å²) >= 11 is 0. The molecule has 0 unspecified atom stereocenters. The summed E-state index contributed by atoms with van der Waals surface area (Å²) in [6.45, 7) is 5.75. The third-order valence-electron chi connectivity index (χ3n) is 4.90. The van der Waals surface area contributed by atoms with Crippen LogP contribution in [0.1, 0.15) is 44.9 Å². The van der Waals surface area contributed by atoms with Crippen molar-refractivity contribution in [3.05, 3.63) is 0 Å². The van der Waals surface area contributed by atoms with Crippen LogP contribution in [0, 0.1) is 0 Å². The Morgan fingerprint density at radius 2 is 1.82 bits per heavy atom. The smallest absolute Gasteiger partial charge is 0.0480 e. The normalized spacial score (nSPS) is 31.8. The summed E-state index contributed by atoms with van der Waals surface area (Å²) in [5.74, 6) is 0. The van der Waals surface area contributed by atoms with Gasteiger partial charge in [0.25, 0.3) is 0 Å². The third kappa shape index (κ3) is 2.67. The minimum absolute atomic E-state index is 0.467. The summed E-state index contributed by atoms with van der Waals surface area (Å²) in [7, 11) is 0. The fraction of sp³-hybridized carbons (Fsp3) is 1.00. The van der Waals surface area contributed by atoms with Gasteiger partial charge in [-0.15, -0.1) is 0 Å². The van der Waals surface area contributed by atoms with Crippen molar-refractivity contribution in [2.24, 2.45) is 0 Å². The first-order chi connectivity index (χ1) is 8.38. The zero-order valence-corrected chi connectivity index (χ0v) is 10.9. The van der Waals surface area contributed by atoms with Crippen LogP contribution < -0.4 is 5.32 Å². The molecule has 1 aliphatic carbocycles. The van der Waals surface area contributed by atoms with Crippen LogP contribution in [-0.2, 0) is 4.74 Å². The van der Waals surface area contributed by atoms with Crippen molar-refractivity contribution in [3.63, 3.8) is 0 Å². The lowest BCUT2D eigenvalue weighted by molar-refractivity contribution is 0.0277. The average Bonchev–Trinajstić information content (AvgIpc) is 2.71. The molecule has 0 bridgehead atoms. The topological polar surface area (TPSA) is 24.5 Å². The molecule has 2 aliphatic heterocycles. The molecule has 0 aromatic rings. The lowest BCUT2D eigenvalue weighted by Gasteiger charge is -2.39. The zero-order valence-electron chi connectivity index (χ0n) is 10.9. The summed E-state index contributed by atoms with van der Waals surface area (Å²) in [5, 5.41) is 3.85. The van der Waals surface area contributed by atoms with E-state index in [0.717, 1.165) is 19.3 Å². The van der Waals surface area contributed by atoms with E-state index in [2.05, 4.69) is 10.2 Å². The Kier molecular flexibility index (Phi) is 3.69. The number of nitrogens with zero attached hydrogens (tertiary/aromatic N) is 1. The van der Waals surface area contributed by atoms with Crippen molar-refractivity contribution in [1.82, 2.24) is 10.2 Å². The molecule has 2 heterocycles. The molecule has 98 valence electrons. The minimum Gasteiger partial charge on any atom is -0.381 e. The summed E-state index contributed by atoms with van der Waals surface area (Å²) in [6.07, 6.45) is 9.45. The summed E-state index contributed by atoms with van der Waals surface area (Å²) in [4.78, 5) is 2.77. The van der Waals surface area contributed by atoms with Gasteiger partial charge in [0.2, 0.25) is 0 Å². The van der Waals surface area contributed by atoms with Crippen molar-refractivity contribution < 1.29 is 4.74 Å². The van der Waals surface area contributed by atoms with E-state index in [0.29, 0.717) is 5.54 Å². The number of rotatable bonds is 1. The number of hydrogen-bond donors (Lipinski definition) is 1. The summed E-state index contributed by atoms with van der Waals surface area (Å²) in [6, 6.07) is 0.793. The second-order valence-electron chi connectivity index (χ2n) is 6.08. The SMILES string of the molecule is C1CNC2(CCCC2)CN(C2CCOCC2)C1. The molecule has 1 N–H and O–H groups in total. The minimum atomic E-state index is 0.467. The highest BCUT2D eigenvalue weighted by Gasteiger charge is 2.38. The zero-order chi connectivity index (χ0) is 11.6. The molecular weight excluding hydrogens is 212 g/mol. The molecule has 0 radical (unpaired) electrons. The maximum atomic E-state index is 5.50. The van der Waals surface area contributed by atoms with Crippen molar-refractivity contribution in [1.29, 1.82) is 0 Å². The van der Waals surface area contributed by atoms with Crippen LogP contribution in [0.2, 0.25) is 0 Å². The molecule has 1 spiro atoms. The van der Waals surface area contributed by atoms with Crippen LogP contribution in [0.4, 0.5) is 0 Å². The monoisotopic (exact) mass is 238 g/mol. The maximum Gasteiger partial charge on any atom is 0.0480 e. The van der Waals surface area contributed by atoms with Crippen LogP contribution in [0.15, 0.2) is 0 Å². The Morgan fingerprint density at radius 1 is 1.06 bits per heavy atom. The fourth-order valence-corrected chi connectivity index (χ4v) is 3.91. The Bertz CT molecular complexity index is 245. The van der Waals surface area contributed by atoms with Gasteiger partial charge >= 0.3 is 0 Å². The molecule has 3 rings (SSSR count). The largest absolute Gasteiger partial charge is 0.381 e. The molecular formula is C14H26N2O. The molecule has 3 heteroatoms. The highest BCUT2D eigenvalue weighted by atomic mass is 16.5. The second kappa shape index (κ2) is 5.25. The quantitative estimate of drug-likeness (QED) is 0.753. The average molecular weight is 238 g/mol. The van der Waals surface area contributed by atoms with Gasteiger partial charge in [0.1, 0.15) is 0 Å². The van der Waals surface area contributed by atoms with Crippen LogP contribution in [0.3, 0.4) is 0 Å². The molecule has 0 amide bonds. The van der Waals surface area contributed by atoms with E-state index in [1.165, 1.54) is 64.6 Å². The van der Waals surface area contributed by atoms with Crippen molar-refractivity contribution >= 4 is 0 Å². The highest BCUT2D eigenvalue weighted by molar-refractivity contribution is 4.98. The van der Waals surface area contributed by atoms with Crippen LogP contribution in [0.25, 0.3) is 0 Å². The number of ether oxygens (including phenoxy) is 1. The van der Waals surface area contributed by atoms with Gasteiger partial charge in [0.05, 0.1) is 0 Å². The highest BCUT2D eigenvalue weighted by Crippen LogP contribution is 2.33. The third-order valence-corrected chi connectivity index (χ3v) is 4.90. The predicted molar refractivity (Wildman–Crippen MR) is 69.2 cm³/mol. The lowest BCUT2D eigenvalue weighted by atomic mass is 9.95. The van der Waals surface area contributed by atoms with E-state index >= 15 is 0 Å². The van der Waals surface area contributed by atoms with E-state index in [4.69, 9.17) is 4.74 Å². The standard InChI is InChI=1S/C14H26N2O/c1-2-7-14(6-1)12-16(9-3-8-15-14)13-4-10-17-11-5-13/h13,15H,1-12H2. The van der Waals surface area contributed by atoms with Gasteiger partial charge in [0.15, 0.2) is 0 Å². The predicted octanol–water partition coefficient (Wildman–Crippen LogP) is 1.77. The second-order valence-corrected chi connectivity index (χ2v) is 6.08. The first-order valence-electron chi connectivity index (χ1n) is 7.45. The van der Waals surface area contributed by atoms with E-state index in [-0.39, 0.29) is 0 Å². The van der Waals surface area contributed by atoms with Crippen molar-refractivity contribution in [2.75, 3.05) is 32.8 Å². The van der Waals surface area contributed by atoms with Gasteiger partial charge in [-0.05, 0) is 45.2 Å². The van der Waals surface area contributed by atoms with Gasteiger partial charge < -0.3 is 10.1 Å². The molecule has 17 heavy (non-hydrogen) atoms. The maximum absolute atomic E-state index is 5.50. The molecule has 2 saturated heterocycles. The van der Waals surface area contributed by atoms with Crippen LogP contribution in [-0.4, -0.2) is 49.3 Å². The van der Waals surface area contributed by atoms with Gasteiger partial charge in [-0.1, -0.05) is 12.8 Å². The number of nitrogens with one attached hydrogen (secondary N) is 1. The first-order valence-corrected chi connectivity index (χ1v) is 7.45. The summed E-state index contributed by atoms with van der Waals surface area (Å²) < 4.78 is 5.50. The molecule has 3 fully saturated rings. The lowest BCUT2D eigenvalue weighted by Crippen LogP contribution is -2.52. The Balaban J connectivity index is 1.66. The number of hydrogen-bond acceptors (Lipinski definition) is 3. The molecule has 1 saturated carbocycles. The molecule has 0 atom stereocenters. The van der Waals surface area contributed by atoms with E-state index < -0.39 is 0 Å². The Hall–Kier alpha value is -0.120. The van der Waals surface area contributed by atoms with Crippen LogP contribution >= 0.6 is 0 Å². The first kappa shape index (κ1) is 11.9. The van der Waals surface area contributed by atoms with E-state index in [1.807, 2.05) is 0 Å². The molecule has 0 aromatic carbocycles. The van der Waals surface area contributed by atoms with Gasteiger partial charge in [0, 0.05) is 31.3 Å². The fourth-order valence-electron chi connectivity index (χ4n) is 3.91. The van der Waals surface area contributed by atoms with Crippen molar-refractivity contribution in [3.8, 4) is 0 Å². The summed E-state index contributed by atoms with van der Waals surface area (Å²) in [5.41, 5.74) is 0.467. The van der Waals surface area contributed by atoms with Crippen LogP contribution in [0.5, 0.6) is 0 Å².